The summed E-state index contributed by atoms with van der Waals surface area (Å²) in [4.78, 5) is 19.0. The summed E-state index contributed by atoms with van der Waals surface area (Å²) in [7, 11) is 1.87. The van der Waals surface area contributed by atoms with Gasteiger partial charge >= 0.3 is 0 Å². The van der Waals surface area contributed by atoms with Crippen LogP contribution in [0.25, 0.3) is 11.3 Å². The molecule has 4 aromatic rings. The van der Waals surface area contributed by atoms with Gasteiger partial charge in [-0.25, -0.2) is 13.8 Å². The number of aryl methyl sites for hydroxylation is 2. The van der Waals surface area contributed by atoms with Crippen LogP contribution in [-0.2, 0) is 20.1 Å². The number of ether oxygens (including phenoxy) is 1. The fourth-order valence-electron chi connectivity index (χ4n) is 3.97. The monoisotopic (exact) mass is 446 g/mol. The minimum Gasteiger partial charge on any atom is -0.435 e. The molecule has 6 nitrogen and oxygen atoms in total. The van der Waals surface area contributed by atoms with Gasteiger partial charge in [0.05, 0.1) is 5.69 Å². The largest absolute Gasteiger partial charge is 0.435 e. The van der Waals surface area contributed by atoms with Gasteiger partial charge in [0.15, 0.2) is 11.6 Å². The highest BCUT2D eigenvalue weighted by Gasteiger charge is 2.32. The molecule has 0 aliphatic carbocycles. The fourth-order valence-corrected chi connectivity index (χ4v) is 3.97. The predicted octanol–water partition coefficient (Wildman–Crippen LogP) is 5.02. The summed E-state index contributed by atoms with van der Waals surface area (Å²) in [6.45, 7) is 2.33. The Morgan fingerprint density at radius 2 is 1.88 bits per heavy atom. The Morgan fingerprint density at radius 1 is 1.09 bits per heavy atom. The number of pyridine rings is 1. The van der Waals surface area contributed by atoms with Crippen LogP contribution in [0.5, 0.6) is 11.6 Å². The molecule has 5 rings (SSSR count). The molecule has 0 unspecified atom stereocenters. The zero-order valence-electron chi connectivity index (χ0n) is 18.0. The number of aromatic nitrogens is 3. The van der Waals surface area contributed by atoms with Crippen LogP contribution in [-0.4, -0.2) is 25.6 Å². The summed E-state index contributed by atoms with van der Waals surface area (Å²) in [6.07, 6.45) is 3.40. The standard InChI is InChI=1S/C25H20F2N4O2/c1-15-11-19(26)12-20(27)23(15)33-24-22-18(7-9-28-24)14-31(25(22)32)13-16-3-5-17(6-4-16)21-8-10-30(2)29-21/h3-12H,13-14H2,1-2H3. The number of carbonyl (C=O) groups excluding carboxylic acids is 1. The first-order chi connectivity index (χ1) is 15.9. The minimum atomic E-state index is -0.845. The Labute approximate surface area is 189 Å². The number of benzene rings is 2. The number of hydrogen-bond donors (Lipinski definition) is 0. The first-order valence-electron chi connectivity index (χ1n) is 10.4. The topological polar surface area (TPSA) is 60.2 Å². The average Bonchev–Trinajstić information content (AvgIpc) is 3.35. The predicted molar refractivity (Wildman–Crippen MR) is 118 cm³/mol. The third-order valence-corrected chi connectivity index (χ3v) is 5.59. The quantitative estimate of drug-likeness (QED) is 0.432. The molecule has 0 saturated heterocycles. The molecule has 1 aliphatic rings. The molecule has 1 aliphatic heterocycles. The van der Waals surface area contributed by atoms with Gasteiger partial charge in [-0.2, -0.15) is 5.10 Å². The minimum absolute atomic E-state index is 0.0131. The van der Waals surface area contributed by atoms with Crippen molar-refractivity contribution in [3.8, 4) is 22.9 Å². The van der Waals surface area contributed by atoms with E-state index in [1.807, 2.05) is 43.6 Å². The van der Waals surface area contributed by atoms with E-state index >= 15 is 0 Å². The lowest BCUT2D eigenvalue weighted by atomic mass is 10.1. The van der Waals surface area contributed by atoms with E-state index in [1.165, 1.54) is 19.2 Å². The maximum absolute atomic E-state index is 14.3. The van der Waals surface area contributed by atoms with E-state index < -0.39 is 11.6 Å². The Bertz CT molecular complexity index is 1340. The molecule has 0 bridgehead atoms. The van der Waals surface area contributed by atoms with Crippen LogP contribution < -0.4 is 4.74 Å². The Balaban J connectivity index is 1.36. The van der Waals surface area contributed by atoms with Gasteiger partial charge in [0, 0.05) is 44.2 Å². The van der Waals surface area contributed by atoms with Gasteiger partial charge in [0.2, 0.25) is 5.88 Å². The van der Waals surface area contributed by atoms with Gasteiger partial charge < -0.3 is 9.64 Å². The van der Waals surface area contributed by atoms with Crippen molar-refractivity contribution >= 4 is 5.91 Å². The Hall–Kier alpha value is -4.07. The Kier molecular flexibility index (Phi) is 5.12. The molecule has 0 atom stereocenters. The van der Waals surface area contributed by atoms with Crippen molar-refractivity contribution in [2.24, 2.45) is 7.05 Å². The van der Waals surface area contributed by atoms with Crippen molar-refractivity contribution in [1.82, 2.24) is 19.7 Å². The maximum atomic E-state index is 14.3. The first-order valence-corrected chi connectivity index (χ1v) is 10.4. The second-order valence-corrected chi connectivity index (χ2v) is 8.02. The van der Waals surface area contributed by atoms with Crippen LogP contribution in [0.15, 0.2) is 60.9 Å². The SMILES string of the molecule is Cc1cc(F)cc(F)c1Oc1nccc2c1C(=O)N(Cc1ccc(-c3ccn(C)n3)cc1)C2. The number of carbonyl (C=O) groups is 1. The van der Waals surface area contributed by atoms with Gasteiger partial charge in [-0.05, 0) is 41.8 Å². The maximum Gasteiger partial charge on any atom is 0.260 e. The van der Waals surface area contributed by atoms with E-state index in [4.69, 9.17) is 4.74 Å². The summed E-state index contributed by atoms with van der Waals surface area (Å²) in [5, 5.41) is 4.40. The molecule has 3 heterocycles. The summed E-state index contributed by atoms with van der Waals surface area (Å²) in [5.41, 5.74) is 4.16. The van der Waals surface area contributed by atoms with Crippen molar-refractivity contribution in [3.05, 3.63) is 94.8 Å². The molecular formula is C25H20F2N4O2. The summed E-state index contributed by atoms with van der Waals surface area (Å²) >= 11 is 0. The number of halogens is 2. The van der Waals surface area contributed by atoms with E-state index in [-0.39, 0.29) is 23.1 Å². The van der Waals surface area contributed by atoms with Crippen LogP contribution in [0.2, 0.25) is 0 Å². The van der Waals surface area contributed by atoms with Crippen LogP contribution in [0.4, 0.5) is 8.78 Å². The Morgan fingerprint density at radius 3 is 2.58 bits per heavy atom. The zero-order chi connectivity index (χ0) is 23.1. The number of rotatable bonds is 5. The molecule has 0 radical (unpaired) electrons. The molecular weight excluding hydrogens is 426 g/mol. The normalized spacial score (nSPS) is 12.8. The lowest BCUT2D eigenvalue weighted by molar-refractivity contribution is 0.0764. The molecule has 0 saturated carbocycles. The van der Waals surface area contributed by atoms with E-state index in [2.05, 4.69) is 10.1 Å². The molecule has 1 amide bonds. The smallest absolute Gasteiger partial charge is 0.260 e. The van der Waals surface area contributed by atoms with Crippen LogP contribution in [0, 0.1) is 18.6 Å². The summed E-state index contributed by atoms with van der Waals surface area (Å²) in [6, 6.07) is 13.5. The number of amides is 1. The molecule has 166 valence electrons. The molecule has 0 N–H and O–H groups in total. The fraction of sp³-hybridized carbons (Fsp3) is 0.160. The third-order valence-electron chi connectivity index (χ3n) is 5.59. The summed E-state index contributed by atoms with van der Waals surface area (Å²) < 4.78 is 35.1. The highest BCUT2D eigenvalue weighted by atomic mass is 19.1. The molecule has 2 aromatic carbocycles. The highest BCUT2D eigenvalue weighted by Crippen LogP contribution is 2.35. The summed E-state index contributed by atoms with van der Waals surface area (Å²) in [5.74, 6) is -1.92. The first kappa shape index (κ1) is 20.8. The van der Waals surface area contributed by atoms with E-state index in [9.17, 15) is 13.6 Å². The van der Waals surface area contributed by atoms with Crippen molar-refractivity contribution < 1.29 is 18.3 Å². The van der Waals surface area contributed by atoms with Crippen LogP contribution >= 0.6 is 0 Å². The van der Waals surface area contributed by atoms with Gasteiger partial charge in [-0.3, -0.25) is 9.48 Å². The van der Waals surface area contributed by atoms with Gasteiger partial charge in [-0.15, -0.1) is 0 Å². The molecule has 33 heavy (non-hydrogen) atoms. The van der Waals surface area contributed by atoms with Crippen molar-refractivity contribution in [2.75, 3.05) is 0 Å². The lowest BCUT2D eigenvalue weighted by Gasteiger charge is -2.16. The second-order valence-electron chi connectivity index (χ2n) is 8.02. The van der Waals surface area contributed by atoms with Crippen molar-refractivity contribution in [1.29, 1.82) is 0 Å². The van der Waals surface area contributed by atoms with Gasteiger partial charge in [0.25, 0.3) is 5.91 Å². The number of nitrogens with zero attached hydrogens (tertiary/aromatic N) is 4. The molecule has 0 fully saturated rings. The zero-order valence-corrected chi connectivity index (χ0v) is 18.0. The highest BCUT2D eigenvalue weighted by molar-refractivity contribution is 6.00. The van der Waals surface area contributed by atoms with Crippen molar-refractivity contribution in [2.45, 2.75) is 20.0 Å². The van der Waals surface area contributed by atoms with E-state index in [0.717, 1.165) is 28.5 Å². The lowest BCUT2D eigenvalue weighted by Crippen LogP contribution is -2.23. The molecule has 8 heteroatoms. The van der Waals surface area contributed by atoms with E-state index in [0.29, 0.717) is 18.7 Å². The van der Waals surface area contributed by atoms with Gasteiger partial charge in [-0.1, -0.05) is 24.3 Å². The average molecular weight is 446 g/mol. The number of fused-ring (bicyclic) bond motifs is 1. The number of hydrogen-bond acceptors (Lipinski definition) is 4. The van der Waals surface area contributed by atoms with Crippen LogP contribution in [0.3, 0.4) is 0 Å². The van der Waals surface area contributed by atoms with Crippen molar-refractivity contribution in [3.63, 3.8) is 0 Å². The third kappa shape index (κ3) is 3.95. The molecule has 2 aromatic heterocycles. The van der Waals surface area contributed by atoms with Crippen LogP contribution in [0.1, 0.15) is 27.0 Å². The molecule has 0 spiro atoms. The van der Waals surface area contributed by atoms with E-state index in [1.54, 1.807) is 15.6 Å². The second kappa shape index (κ2) is 8.12. The van der Waals surface area contributed by atoms with Gasteiger partial charge in [0.1, 0.15) is 11.4 Å².